The van der Waals surface area contributed by atoms with Crippen molar-refractivity contribution in [2.45, 2.75) is 24.8 Å². The fourth-order valence-electron chi connectivity index (χ4n) is 4.57. The van der Waals surface area contributed by atoms with Crippen LogP contribution in [0.3, 0.4) is 0 Å². The fourth-order valence-corrected chi connectivity index (χ4v) is 4.57. The third-order valence-electron chi connectivity index (χ3n) is 6.50. The summed E-state index contributed by atoms with van der Waals surface area (Å²) in [6.07, 6.45) is 4.46. The van der Waals surface area contributed by atoms with Gasteiger partial charge in [-0.05, 0) is 67.8 Å². The summed E-state index contributed by atoms with van der Waals surface area (Å²) < 4.78 is 19.0. The number of carbonyl (C=O) groups excluding carboxylic acids is 1. The zero-order valence-electron chi connectivity index (χ0n) is 18.5. The molecule has 0 bridgehead atoms. The number of ether oxygens (including phenoxy) is 1. The Hall–Kier alpha value is -3.85. The number of carbonyl (C=O) groups is 1. The van der Waals surface area contributed by atoms with E-state index in [2.05, 4.69) is 15.1 Å². The van der Waals surface area contributed by atoms with Crippen LogP contribution in [0.4, 0.5) is 10.1 Å². The predicted octanol–water partition coefficient (Wildman–Crippen LogP) is 3.13. The van der Waals surface area contributed by atoms with E-state index in [-0.39, 0.29) is 22.7 Å². The van der Waals surface area contributed by atoms with Crippen LogP contribution in [0, 0.1) is 5.82 Å². The van der Waals surface area contributed by atoms with Gasteiger partial charge >= 0.3 is 0 Å². The molecule has 0 aliphatic carbocycles. The van der Waals surface area contributed by atoms with E-state index in [4.69, 9.17) is 10.6 Å². The number of aromatic nitrogens is 1. The Morgan fingerprint density at radius 3 is 2.65 bits per heavy atom. The average molecular weight is 461 g/mol. The van der Waals surface area contributed by atoms with Crippen molar-refractivity contribution in [1.29, 1.82) is 0 Å². The van der Waals surface area contributed by atoms with Gasteiger partial charge in [-0.1, -0.05) is 0 Å². The smallest absolute Gasteiger partial charge is 0.258 e. The van der Waals surface area contributed by atoms with Crippen molar-refractivity contribution in [3.63, 3.8) is 0 Å². The molecule has 2 aromatic carbocycles. The van der Waals surface area contributed by atoms with Gasteiger partial charge in [0.25, 0.3) is 11.5 Å². The van der Waals surface area contributed by atoms with Crippen molar-refractivity contribution in [2.24, 2.45) is 15.9 Å². The van der Waals surface area contributed by atoms with Crippen LogP contribution in [0.5, 0.6) is 0 Å². The number of hydrogen-bond acceptors (Lipinski definition) is 6. The number of halogens is 1. The molecule has 0 atom stereocenters. The maximum absolute atomic E-state index is 13.6. The second-order valence-electron chi connectivity index (χ2n) is 8.69. The number of piperidine rings is 1. The molecule has 9 heteroatoms. The lowest BCUT2D eigenvalue weighted by Gasteiger charge is -2.52. The number of likely N-dealkylation sites (tertiary alicyclic amines) is 1. The van der Waals surface area contributed by atoms with Crippen LogP contribution in [-0.2, 0) is 4.74 Å². The zero-order valence-corrected chi connectivity index (χ0v) is 18.5. The monoisotopic (exact) mass is 461 g/mol. The van der Waals surface area contributed by atoms with E-state index in [1.54, 1.807) is 24.3 Å². The van der Waals surface area contributed by atoms with E-state index >= 15 is 0 Å². The number of hydrogen-bond donors (Lipinski definition) is 2. The van der Waals surface area contributed by atoms with E-state index < -0.39 is 11.4 Å². The number of aliphatic imine (C=N–C) groups is 1. The minimum atomic E-state index is -0.416. The summed E-state index contributed by atoms with van der Waals surface area (Å²) in [4.78, 5) is 34.6. The molecule has 5 rings (SSSR count). The second kappa shape index (κ2) is 8.83. The highest BCUT2D eigenvalue weighted by atomic mass is 19.1. The summed E-state index contributed by atoms with van der Waals surface area (Å²) in [5.74, 6) is 5.09. The Labute approximate surface area is 194 Å². The van der Waals surface area contributed by atoms with Crippen molar-refractivity contribution in [3.05, 3.63) is 75.8 Å². The first kappa shape index (κ1) is 22.0. The van der Waals surface area contributed by atoms with Crippen molar-refractivity contribution in [3.8, 4) is 0 Å². The average Bonchev–Trinajstić information content (AvgIpc) is 2.83. The highest BCUT2D eigenvalue weighted by Crippen LogP contribution is 2.35. The summed E-state index contributed by atoms with van der Waals surface area (Å²) in [5.41, 5.74) is 1.42. The number of amides is 1. The number of hydrazone groups is 1. The zero-order chi connectivity index (χ0) is 23.7. The standard InChI is InChI=1S/C25H24FN5O3/c26-18-5-8-21-17(11-18)12-20(23(32)29-21)22(30-27)13-28-19-6-3-16(4-7-19)24(33)31-10-2-1-9-25(31)14-34-15-25/h3-8,11-13H,1-2,9-10,14-15,27H2,(H,29,32). The third-order valence-corrected chi connectivity index (χ3v) is 6.50. The van der Waals surface area contributed by atoms with Gasteiger partial charge in [0.15, 0.2) is 0 Å². The molecule has 2 aliphatic heterocycles. The molecule has 1 spiro atoms. The number of aromatic amines is 1. The largest absolute Gasteiger partial charge is 0.376 e. The van der Waals surface area contributed by atoms with Gasteiger partial charge in [-0.2, -0.15) is 5.10 Å². The predicted molar refractivity (Wildman–Crippen MR) is 128 cm³/mol. The lowest BCUT2D eigenvalue weighted by atomic mass is 9.84. The van der Waals surface area contributed by atoms with Gasteiger partial charge in [-0.25, -0.2) is 4.39 Å². The molecule has 2 fully saturated rings. The van der Waals surface area contributed by atoms with Crippen LogP contribution in [0.2, 0.25) is 0 Å². The van der Waals surface area contributed by atoms with Crippen LogP contribution in [0.15, 0.2) is 63.4 Å². The first-order chi connectivity index (χ1) is 16.5. The molecule has 2 aliphatic rings. The molecule has 0 saturated carbocycles. The van der Waals surface area contributed by atoms with Crippen LogP contribution in [0.1, 0.15) is 35.2 Å². The first-order valence-electron chi connectivity index (χ1n) is 11.1. The molecule has 174 valence electrons. The van der Waals surface area contributed by atoms with Crippen LogP contribution < -0.4 is 11.4 Å². The quantitative estimate of drug-likeness (QED) is 0.353. The van der Waals surface area contributed by atoms with Crippen molar-refractivity contribution in [1.82, 2.24) is 9.88 Å². The van der Waals surface area contributed by atoms with Gasteiger partial charge in [-0.3, -0.25) is 14.6 Å². The van der Waals surface area contributed by atoms with E-state index in [0.29, 0.717) is 35.4 Å². The molecule has 3 heterocycles. The molecule has 8 nitrogen and oxygen atoms in total. The van der Waals surface area contributed by atoms with Crippen molar-refractivity contribution >= 4 is 34.4 Å². The maximum atomic E-state index is 13.6. The Morgan fingerprint density at radius 1 is 1.15 bits per heavy atom. The first-order valence-corrected chi connectivity index (χ1v) is 11.1. The highest BCUT2D eigenvalue weighted by Gasteiger charge is 2.47. The molecular weight excluding hydrogens is 437 g/mol. The number of nitrogens with zero attached hydrogens (tertiary/aromatic N) is 3. The van der Waals surface area contributed by atoms with Crippen molar-refractivity contribution < 1.29 is 13.9 Å². The number of rotatable bonds is 4. The molecule has 1 aromatic heterocycles. The molecule has 1 amide bonds. The van der Waals surface area contributed by atoms with E-state index in [9.17, 15) is 14.0 Å². The van der Waals surface area contributed by atoms with E-state index in [1.807, 2.05) is 4.90 Å². The molecule has 0 radical (unpaired) electrons. The molecule has 2 saturated heterocycles. The number of pyridine rings is 1. The number of benzene rings is 2. The normalized spacial score (nSPS) is 17.9. The third kappa shape index (κ3) is 3.99. The van der Waals surface area contributed by atoms with Gasteiger partial charge in [-0.15, -0.1) is 0 Å². The Morgan fingerprint density at radius 2 is 1.94 bits per heavy atom. The second-order valence-corrected chi connectivity index (χ2v) is 8.69. The topological polar surface area (TPSA) is 113 Å². The van der Waals surface area contributed by atoms with Crippen LogP contribution >= 0.6 is 0 Å². The van der Waals surface area contributed by atoms with Gasteiger partial charge in [0.05, 0.1) is 36.2 Å². The number of nitrogens with one attached hydrogen (secondary N) is 1. The SMILES string of the molecule is NN=C(C=Nc1ccc(C(=O)N2CCCCC23COC3)cc1)c1cc2cc(F)ccc2[nH]c1=O. The van der Waals surface area contributed by atoms with Gasteiger partial charge in [0.1, 0.15) is 11.5 Å². The minimum absolute atomic E-state index is 0.00216. The Kier molecular flexibility index (Phi) is 5.70. The summed E-state index contributed by atoms with van der Waals surface area (Å²) in [5, 5.41) is 4.20. The molecule has 3 aromatic rings. The molecule has 3 N–H and O–H groups in total. The van der Waals surface area contributed by atoms with E-state index in [1.165, 1.54) is 30.5 Å². The van der Waals surface area contributed by atoms with Gasteiger partial charge < -0.3 is 20.5 Å². The maximum Gasteiger partial charge on any atom is 0.258 e. The van der Waals surface area contributed by atoms with Crippen LogP contribution in [-0.4, -0.2) is 53.0 Å². The summed E-state index contributed by atoms with van der Waals surface area (Å²) in [6.45, 7) is 1.94. The lowest BCUT2D eigenvalue weighted by molar-refractivity contribution is -0.139. The van der Waals surface area contributed by atoms with Crippen molar-refractivity contribution in [2.75, 3.05) is 19.8 Å². The fraction of sp³-hybridized carbons (Fsp3) is 0.280. The Bertz CT molecular complexity index is 1360. The van der Waals surface area contributed by atoms with Gasteiger partial charge in [0, 0.05) is 23.0 Å². The molecule has 0 unspecified atom stereocenters. The van der Waals surface area contributed by atoms with Crippen LogP contribution in [0.25, 0.3) is 10.9 Å². The summed E-state index contributed by atoms with van der Waals surface area (Å²) >= 11 is 0. The number of fused-ring (bicyclic) bond motifs is 1. The lowest BCUT2D eigenvalue weighted by Crippen LogP contribution is -2.65. The van der Waals surface area contributed by atoms with Gasteiger partial charge in [0.2, 0.25) is 0 Å². The van der Waals surface area contributed by atoms with E-state index in [0.717, 1.165) is 25.8 Å². The Balaban J connectivity index is 1.35. The summed E-state index contributed by atoms with van der Waals surface area (Å²) in [6, 6.07) is 12.5. The molecule has 34 heavy (non-hydrogen) atoms. The summed E-state index contributed by atoms with van der Waals surface area (Å²) in [7, 11) is 0. The minimum Gasteiger partial charge on any atom is -0.376 e. The number of nitrogens with two attached hydrogens (primary N) is 1. The highest BCUT2D eigenvalue weighted by molar-refractivity contribution is 6.38. The number of H-pyrrole nitrogens is 1. The molecular formula is C25H24FN5O3.